The van der Waals surface area contributed by atoms with Crippen molar-refractivity contribution in [3.8, 4) is 17.2 Å². The van der Waals surface area contributed by atoms with Crippen molar-refractivity contribution in [3.63, 3.8) is 0 Å². The molecule has 3 nitrogen and oxygen atoms in total. The van der Waals surface area contributed by atoms with Crippen LogP contribution >= 0.6 is 27.5 Å². The zero-order chi connectivity index (χ0) is 15.2. The van der Waals surface area contributed by atoms with Gasteiger partial charge in [-0.3, -0.25) is 0 Å². The SMILES string of the molecule is CCNCc1ccc(Oc2ccc(OC)cc2Br)cc1Cl. The van der Waals surface area contributed by atoms with Crippen LogP contribution in [0.2, 0.25) is 5.02 Å². The van der Waals surface area contributed by atoms with Gasteiger partial charge in [-0.15, -0.1) is 0 Å². The summed E-state index contributed by atoms with van der Waals surface area (Å²) in [6.07, 6.45) is 0. The molecule has 2 rings (SSSR count). The third-order valence-corrected chi connectivity index (χ3v) is 3.93. The molecule has 0 atom stereocenters. The molecule has 0 spiro atoms. The molecule has 112 valence electrons. The molecular formula is C16H17BrClNO2. The molecule has 0 amide bonds. The van der Waals surface area contributed by atoms with Gasteiger partial charge in [-0.05, 0) is 58.4 Å². The van der Waals surface area contributed by atoms with Crippen molar-refractivity contribution >= 4 is 27.5 Å². The number of rotatable bonds is 6. The van der Waals surface area contributed by atoms with E-state index in [2.05, 4.69) is 28.2 Å². The second kappa shape index (κ2) is 7.69. The molecule has 0 fully saturated rings. The molecule has 0 aliphatic rings. The fraction of sp³-hybridized carbons (Fsp3) is 0.250. The highest BCUT2D eigenvalue weighted by Crippen LogP contribution is 2.34. The van der Waals surface area contributed by atoms with Gasteiger partial charge in [0.15, 0.2) is 0 Å². The third-order valence-electron chi connectivity index (χ3n) is 2.96. The minimum atomic E-state index is 0.693. The molecule has 21 heavy (non-hydrogen) atoms. The van der Waals surface area contributed by atoms with E-state index in [1.54, 1.807) is 7.11 Å². The second-order valence-electron chi connectivity index (χ2n) is 4.43. The molecule has 0 unspecified atom stereocenters. The van der Waals surface area contributed by atoms with Crippen LogP contribution in [0.15, 0.2) is 40.9 Å². The van der Waals surface area contributed by atoms with E-state index in [0.717, 1.165) is 28.9 Å². The van der Waals surface area contributed by atoms with Crippen molar-refractivity contribution in [2.75, 3.05) is 13.7 Å². The summed E-state index contributed by atoms with van der Waals surface area (Å²) >= 11 is 9.73. The monoisotopic (exact) mass is 369 g/mol. The molecule has 0 aliphatic heterocycles. The first-order valence-corrected chi connectivity index (χ1v) is 7.81. The number of benzene rings is 2. The van der Waals surface area contributed by atoms with Crippen molar-refractivity contribution in [2.24, 2.45) is 0 Å². The number of methoxy groups -OCH3 is 1. The molecule has 0 aliphatic carbocycles. The summed E-state index contributed by atoms with van der Waals surface area (Å²) in [5.41, 5.74) is 1.06. The van der Waals surface area contributed by atoms with Crippen LogP contribution in [-0.2, 0) is 6.54 Å². The molecule has 1 N–H and O–H groups in total. The Morgan fingerprint density at radius 2 is 1.90 bits per heavy atom. The average molecular weight is 371 g/mol. The molecule has 0 saturated carbocycles. The molecule has 0 saturated heterocycles. The summed E-state index contributed by atoms with van der Waals surface area (Å²) in [5.74, 6) is 2.19. The van der Waals surface area contributed by atoms with Crippen molar-refractivity contribution in [2.45, 2.75) is 13.5 Å². The largest absolute Gasteiger partial charge is 0.497 e. The molecule has 0 aromatic heterocycles. The topological polar surface area (TPSA) is 30.5 Å². The van der Waals surface area contributed by atoms with Gasteiger partial charge < -0.3 is 14.8 Å². The summed E-state index contributed by atoms with van der Waals surface area (Å²) in [5, 5.41) is 3.94. The summed E-state index contributed by atoms with van der Waals surface area (Å²) in [7, 11) is 1.63. The quantitative estimate of drug-likeness (QED) is 0.775. The highest BCUT2D eigenvalue weighted by atomic mass is 79.9. The van der Waals surface area contributed by atoms with E-state index in [1.165, 1.54) is 0 Å². The summed E-state index contributed by atoms with van der Waals surface area (Å²) in [4.78, 5) is 0. The maximum Gasteiger partial charge on any atom is 0.141 e. The highest BCUT2D eigenvalue weighted by molar-refractivity contribution is 9.10. The van der Waals surface area contributed by atoms with E-state index in [1.807, 2.05) is 36.4 Å². The first-order chi connectivity index (χ1) is 10.1. The fourth-order valence-electron chi connectivity index (χ4n) is 1.81. The van der Waals surface area contributed by atoms with E-state index in [4.69, 9.17) is 21.1 Å². The Morgan fingerprint density at radius 3 is 2.52 bits per heavy atom. The Kier molecular flexibility index (Phi) is 5.91. The van der Waals surface area contributed by atoms with Gasteiger partial charge in [0.2, 0.25) is 0 Å². The van der Waals surface area contributed by atoms with Crippen LogP contribution in [0.1, 0.15) is 12.5 Å². The normalized spacial score (nSPS) is 10.5. The van der Waals surface area contributed by atoms with Gasteiger partial charge in [0.05, 0.1) is 11.6 Å². The summed E-state index contributed by atoms with van der Waals surface area (Å²) in [6, 6.07) is 11.3. The Balaban J connectivity index is 2.14. The van der Waals surface area contributed by atoms with Gasteiger partial charge in [-0.2, -0.15) is 0 Å². The number of hydrogen-bond donors (Lipinski definition) is 1. The zero-order valence-corrected chi connectivity index (χ0v) is 14.3. The van der Waals surface area contributed by atoms with E-state index in [9.17, 15) is 0 Å². The predicted octanol–water partition coefficient (Wildman–Crippen LogP) is 5.01. The van der Waals surface area contributed by atoms with Crippen LogP contribution in [0.4, 0.5) is 0 Å². The van der Waals surface area contributed by atoms with Gasteiger partial charge in [-0.25, -0.2) is 0 Å². The summed E-state index contributed by atoms with van der Waals surface area (Å²) < 4.78 is 11.8. The molecule has 0 radical (unpaired) electrons. The maximum absolute atomic E-state index is 6.27. The van der Waals surface area contributed by atoms with E-state index in [0.29, 0.717) is 16.5 Å². The minimum Gasteiger partial charge on any atom is -0.497 e. The Bertz CT molecular complexity index is 619. The van der Waals surface area contributed by atoms with E-state index >= 15 is 0 Å². The van der Waals surface area contributed by atoms with Crippen molar-refractivity contribution in [1.82, 2.24) is 5.32 Å². The van der Waals surface area contributed by atoms with Crippen LogP contribution in [0.5, 0.6) is 17.2 Å². The lowest BCUT2D eigenvalue weighted by molar-refractivity contribution is 0.412. The number of ether oxygens (including phenoxy) is 2. The molecule has 2 aromatic carbocycles. The zero-order valence-electron chi connectivity index (χ0n) is 12.0. The smallest absolute Gasteiger partial charge is 0.141 e. The first kappa shape index (κ1) is 16.1. The lowest BCUT2D eigenvalue weighted by Crippen LogP contribution is -2.11. The first-order valence-electron chi connectivity index (χ1n) is 6.64. The van der Waals surface area contributed by atoms with Gasteiger partial charge >= 0.3 is 0 Å². The Hall–Kier alpha value is -1.23. The number of halogens is 2. The molecule has 5 heteroatoms. The minimum absolute atomic E-state index is 0.693. The third kappa shape index (κ3) is 4.37. The number of hydrogen-bond acceptors (Lipinski definition) is 3. The lowest BCUT2D eigenvalue weighted by Gasteiger charge is -2.11. The maximum atomic E-state index is 6.27. The van der Waals surface area contributed by atoms with Crippen molar-refractivity contribution < 1.29 is 9.47 Å². The Labute approximate surface area is 138 Å². The van der Waals surface area contributed by atoms with Crippen LogP contribution < -0.4 is 14.8 Å². The van der Waals surface area contributed by atoms with Crippen molar-refractivity contribution in [3.05, 3.63) is 51.5 Å². The van der Waals surface area contributed by atoms with Gasteiger partial charge in [-0.1, -0.05) is 24.6 Å². The van der Waals surface area contributed by atoms with Crippen LogP contribution in [-0.4, -0.2) is 13.7 Å². The second-order valence-corrected chi connectivity index (χ2v) is 5.69. The highest BCUT2D eigenvalue weighted by Gasteiger charge is 2.07. The molecule has 2 aromatic rings. The molecule has 0 heterocycles. The predicted molar refractivity (Wildman–Crippen MR) is 89.6 cm³/mol. The summed E-state index contributed by atoms with van der Waals surface area (Å²) in [6.45, 7) is 3.72. The van der Waals surface area contributed by atoms with Crippen LogP contribution in [0.3, 0.4) is 0 Å². The van der Waals surface area contributed by atoms with Crippen LogP contribution in [0.25, 0.3) is 0 Å². The molecule has 0 bridgehead atoms. The van der Waals surface area contributed by atoms with Crippen molar-refractivity contribution in [1.29, 1.82) is 0 Å². The van der Waals surface area contributed by atoms with Gasteiger partial charge in [0, 0.05) is 11.6 Å². The van der Waals surface area contributed by atoms with Gasteiger partial charge in [0.1, 0.15) is 17.2 Å². The molecular weight excluding hydrogens is 354 g/mol. The standard InChI is InChI=1S/C16H17BrClNO2/c1-3-19-10-11-4-5-13(9-15(11)18)21-16-7-6-12(20-2)8-14(16)17/h4-9,19H,3,10H2,1-2H3. The fourth-order valence-corrected chi connectivity index (χ4v) is 2.49. The lowest BCUT2D eigenvalue weighted by atomic mass is 10.2. The van der Waals surface area contributed by atoms with E-state index < -0.39 is 0 Å². The van der Waals surface area contributed by atoms with Gasteiger partial charge in [0.25, 0.3) is 0 Å². The Morgan fingerprint density at radius 1 is 1.14 bits per heavy atom. The average Bonchev–Trinajstić information content (AvgIpc) is 2.48. The van der Waals surface area contributed by atoms with E-state index in [-0.39, 0.29) is 0 Å². The van der Waals surface area contributed by atoms with Crippen LogP contribution in [0, 0.1) is 0 Å². The number of nitrogens with one attached hydrogen (secondary N) is 1.